The number of benzene rings is 2. The normalized spacial score (nSPS) is 14.8. The first kappa shape index (κ1) is 19.2. The Bertz CT molecular complexity index is 958. The van der Waals surface area contributed by atoms with Crippen LogP contribution in [-0.4, -0.2) is 60.4 Å². The van der Waals surface area contributed by atoms with Crippen molar-refractivity contribution >= 4 is 5.91 Å². The second kappa shape index (κ2) is 8.49. The van der Waals surface area contributed by atoms with E-state index in [4.69, 9.17) is 9.84 Å². The fourth-order valence-electron chi connectivity index (χ4n) is 3.76. The summed E-state index contributed by atoms with van der Waals surface area (Å²) in [7, 11) is 1.64. The molecule has 0 spiro atoms. The van der Waals surface area contributed by atoms with E-state index in [-0.39, 0.29) is 5.91 Å². The molecule has 3 aromatic rings. The number of carbonyl (C=O) groups excluding carboxylic acids is 1. The minimum absolute atomic E-state index is 0.0492. The summed E-state index contributed by atoms with van der Waals surface area (Å²) in [4.78, 5) is 16.9. The lowest BCUT2D eigenvalue weighted by molar-refractivity contribution is -0.902. The zero-order valence-corrected chi connectivity index (χ0v) is 17.0. The number of rotatable bonds is 5. The molecule has 6 nitrogen and oxygen atoms in total. The van der Waals surface area contributed by atoms with Gasteiger partial charge in [0, 0.05) is 11.8 Å². The Hall–Kier alpha value is -3.12. The van der Waals surface area contributed by atoms with Crippen molar-refractivity contribution in [3.63, 3.8) is 0 Å². The minimum Gasteiger partial charge on any atom is -0.497 e. The van der Waals surface area contributed by atoms with Crippen LogP contribution in [-0.2, 0) is 0 Å². The third kappa shape index (κ3) is 4.03. The molecule has 1 amide bonds. The number of nitrogens with zero attached hydrogens (tertiary/aromatic N) is 3. The lowest BCUT2D eigenvalue weighted by Gasteiger charge is -2.31. The van der Waals surface area contributed by atoms with E-state index in [0.29, 0.717) is 11.3 Å². The number of quaternary nitrogens is 1. The monoisotopic (exact) mass is 391 g/mol. The van der Waals surface area contributed by atoms with Gasteiger partial charge in [0.1, 0.15) is 11.4 Å². The number of ether oxygens (including phenoxy) is 1. The van der Waals surface area contributed by atoms with E-state index in [1.165, 1.54) is 0 Å². The van der Waals surface area contributed by atoms with Crippen LogP contribution in [0.4, 0.5) is 0 Å². The molecule has 2 heterocycles. The molecule has 1 fully saturated rings. The molecule has 4 rings (SSSR count). The quantitative estimate of drug-likeness (QED) is 0.723. The van der Waals surface area contributed by atoms with E-state index in [0.717, 1.165) is 49.7 Å². The van der Waals surface area contributed by atoms with Crippen molar-refractivity contribution in [2.45, 2.75) is 6.92 Å². The first-order valence-corrected chi connectivity index (χ1v) is 10.1. The fraction of sp³-hybridized carbons (Fsp3) is 0.304. The van der Waals surface area contributed by atoms with Gasteiger partial charge in [-0.2, -0.15) is 5.10 Å². The molecule has 150 valence electrons. The first-order valence-electron chi connectivity index (χ1n) is 10.1. The molecule has 0 atom stereocenters. The number of hydrogen-bond acceptors (Lipinski definition) is 3. The number of likely N-dealkylation sites (N-methyl/N-ethyl adjacent to an activating group) is 1. The lowest BCUT2D eigenvalue weighted by Crippen LogP contribution is -3.14. The second-order valence-electron chi connectivity index (χ2n) is 7.30. The number of hydrogen-bond donors (Lipinski definition) is 1. The smallest absolute Gasteiger partial charge is 0.258 e. The number of piperazine rings is 1. The van der Waals surface area contributed by atoms with Gasteiger partial charge >= 0.3 is 0 Å². The van der Waals surface area contributed by atoms with Crippen LogP contribution >= 0.6 is 0 Å². The Morgan fingerprint density at radius 2 is 1.76 bits per heavy atom. The van der Waals surface area contributed by atoms with Gasteiger partial charge in [-0.1, -0.05) is 18.2 Å². The van der Waals surface area contributed by atoms with E-state index in [2.05, 4.69) is 6.92 Å². The van der Waals surface area contributed by atoms with Gasteiger partial charge in [-0.3, -0.25) is 4.79 Å². The molecular formula is C23H27N4O2+. The highest BCUT2D eigenvalue weighted by molar-refractivity contribution is 6.00. The summed E-state index contributed by atoms with van der Waals surface area (Å²) in [6.45, 7) is 6.84. The number of nitrogens with one attached hydrogen (secondary N) is 1. The third-order valence-corrected chi connectivity index (χ3v) is 5.59. The molecule has 0 unspecified atom stereocenters. The van der Waals surface area contributed by atoms with Crippen LogP contribution in [0.2, 0.25) is 0 Å². The van der Waals surface area contributed by atoms with Crippen LogP contribution in [0.25, 0.3) is 16.9 Å². The van der Waals surface area contributed by atoms with Crippen molar-refractivity contribution in [2.75, 3.05) is 39.8 Å². The van der Waals surface area contributed by atoms with Crippen molar-refractivity contribution in [1.29, 1.82) is 0 Å². The van der Waals surface area contributed by atoms with Crippen LogP contribution in [0, 0.1) is 0 Å². The Morgan fingerprint density at radius 1 is 1.07 bits per heavy atom. The minimum atomic E-state index is 0.0492. The van der Waals surface area contributed by atoms with Gasteiger partial charge in [-0.15, -0.1) is 0 Å². The highest BCUT2D eigenvalue weighted by Crippen LogP contribution is 2.27. The summed E-state index contributed by atoms with van der Waals surface area (Å²) in [5.74, 6) is 0.830. The first-order chi connectivity index (χ1) is 14.2. The summed E-state index contributed by atoms with van der Waals surface area (Å²) in [5.41, 5.74) is 3.17. The van der Waals surface area contributed by atoms with Crippen LogP contribution in [0.15, 0.2) is 60.8 Å². The average molecular weight is 391 g/mol. The molecule has 1 aliphatic heterocycles. The largest absolute Gasteiger partial charge is 0.497 e. The molecule has 29 heavy (non-hydrogen) atoms. The topological polar surface area (TPSA) is 51.8 Å². The van der Waals surface area contributed by atoms with Crippen LogP contribution in [0.3, 0.4) is 0 Å². The van der Waals surface area contributed by atoms with Crippen molar-refractivity contribution in [3.8, 4) is 22.7 Å². The molecule has 0 aliphatic carbocycles. The van der Waals surface area contributed by atoms with E-state index >= 15 is 0 Å². The Labute approximate surface area is 171 Å². The van der Waals surface area contributed by atoms with Gasteiger partial charge in [0.2, 0.25) is 0 Å². The van der Waals surface area contributed by atoms with Crippen LogP contribution in [0.1, 0.15) is 17.3 Å². The average Bonchev–Trinajstić information content (AvgIpc) is 3.25. The molecule has 0 saturated carbocycles. The maximum Gasteiger partial charge on any atom is 0.258 e. The zero-order valence-electron chi connectivity index (χ0n) is 17.0. The van der Waals surface area contributed by atoms with Gasteiger partial charge in [0.25, 0.3) is 5.91 Å². The standard InChI is InChI=1S/C23H26N4O2/c1-3-25-13-15-26(16-14-25)23(28)21-17-27(19-7-5-4-6-8-19)24-22(21)18-9-11-20(29-2)12-10-18/h4-12,17H,3,13-16H2,1-2H3/p+1. The van der Waals surface area contributed by atoms with Crippen molar-refractivity contribution in [1.82, 2.24) is 14.7 Å². The SMILES string of the molecule is CC[NH+]1CCN(C(=O)c2cn(-c3ccccc3)nc2-c2ccc(OC)cc2)CC1. The van der Waals surface area contributed by atoms with Gasteiger partial charge < -0.3 is 14.5 Å². The van der Waals surface area contributed by atoms with Gasteiger partial charge in [-0.25, -0.2) is 4.68 Å². The molecule has 1 N–H and O–H groups in total. The highest BCUT2D eigenvalue weighted by Gasteiger charge is 2.27. The van der Waals surface area contributed by atoms with Crippen molar-refractivity contribution < 1.29 is 14.4 Å². The molecule has 0 radical (unpaired) electrons. The zero-order chi connectivity index (χ0) is 20.2. The maximum atomic E-state index is 13.4. The highest BCUT2D eigenvalue weighted by atomic mass is 16.5. The number of methoxy groups -OCH3 is 1. The molecule has 1 aliphatic rings. The number of carbonyl (C=O) groups is 1. The Kier molecular flexibility index (Phi) is 5.62. The molecule has 1 saturated heterocycles. The van der Waals surface area contributed by atoms with Crippen molar-refractivity contribution in [3.05, 3.63) is 66.4 Å². The molecule has 0 bridgehead atoms. The van der Waals surface area contributed by atoms with E-state index in [1.54, 1.807) is 16.7 Å². The lowest BCUT2D eigenvalue weighted by atomic mass is 10.1. The van der Waals surface area contributed by atoms with Gasteiger partial charge in [-0.05, 0) is 43.3 Å². The summed E-state index contributed by atoms with van der Waals surface area (Å²) in [6, 6.07) is 17.6. The number of aromatic nitrogens is 2. The van der Waals surface area contributed by atoms with E-state index in [1.807, 2.05) is 65.7 Å². The number of para-hydroxylation sites is 1. The molecule has 1 aromatic heterocycles. The third-order valence-electron chi connectivity index (χ3n) is 5.59. The predicted octanol–water partition coefficient (Wildman–Crippen LogP) is 1.91. The fourth-order valence-corrected chi connectivity index (χ4v) is 3.76. The van der Waals surface area contributed by atoms with Crippen LogP contribution in [0.5, 0.6) is 5.75 Å². The van der Waals surface area contributed by atoms with E-state index in [9.17, 15) is 4.79 Å². The van der Waals surface area contributed by atoms with E-state index < -0.39 is 0 Å². The van der Waals surface area contributed by atoms with Crippen molar-refractivity contribution in [2.24, 2.45) is 0 Å². The van der Waals surface area contributed by atoms with Gasteiger partial charge in [0.15, 0.2) is 0 Å². The molecular weight excluding hydrogens is 364 g/mol. The summed E-state index contributed by atoms with van der Waals surface area (Å²) < 4.78 is 7.06. The van der Waals surface area contributed by atoms with Gasteiger partial charge in [0.05, 0.1) is 51.1 Å². The molecule has 2 aromatic carbocycles. The Morgan fingerprint density at radius 3 is 2.38 bits per heavy atom. The Balaban J connectivity index is 1.70. The number of amides is 1. The maximum absolute atomic E-state index is 13.4. The van der Waals surface area contributed by atoms with Crippen LogP contribution < -0.4 is 9.64 Å². The summed E-state index contributed by atoms with van der Waals surface area (Å²) in [5, 5.41) is 4.78. The summed E-state index contributed by atoms with van der Waals surface area (Å²) in [6.07, 6.45) is 1.86. The summed E-state index contributed by atoms with van der Waals surface area (Å²) >= 11 is 0. The second-order valence-corrected chi connectivity index (χ2v) is 7.30. The predicted molar refractivity (Wildman–Crippen MR) is 113 cm³/mol. The molecule has 6 heteroatoms.